The SMILES string of the molecule is CO/N=C\C1(c2ccc(Cc3cc(C4OC(CO)CC(O)[C@H]4O)ccc3Cl)cc2)CC1. The van der Waals surface area contributed by atoms with Crippen molar-refractivity contribution < 1.29 is 24.9 Å². The minimum atomic E-state index is -1.06. The summed E-state index contributed by atoms with van der Waals surface area (Å²) in [5.74, 6) is 0. The molecule has 0 amide bonds. The molecule has 0 spiro atoms. The molecular weight excluding hydrogens is 418 g/mol. The summed E-state index contributed by atoms with van der Waals surface area (Å²) in [5.41, 5.74) is 3.96. The van der Waals surface area contributed by atoms with E-state index in [1.165, 1.54) is 5.56 Å². The van der Waals surface area contributed by atoms with Crippen molar-refractivity contribution in [3.8, 4) is 0 Å². The van der Waals surface area contributed by atoms with Crippen LogP contribution in [0.3, 0.4) is 0 Å². The monoisotopic (exact) mass is 445 g/mol. The highest BCUT2D eigenvalue weighted by Crippen LogP contribution is 2.46. The second-order valence-electron chi connectivity index (χ2n) is 8.45. The van der Waals surface area contributed by atoms with Crippen LogP contribution in [-0.4, -0.2) is 53.6 Å². The van der Waals surface area contributed by atoms with Crippen LogP contribution in [0.5, 0.6) is 0 Å². The first-order valence-electron chi connectivity index (χ1n) is 10.5. The number of rotatable bonds is 7. The van der Waals surface area contributed by atoms with Gasteiger partial charge in [-0.05, 0) is 47.6 Å². The van der Waals surface area contributed by atoms with Gasteiger partial charge in [-0.15, -0.1) is 0 Å². The van der Waals surface area contributed by atoms with E-state index >= 15 is 0 Å². The molecule has 2 fully saturated rings. The van der Waals surface area contributed by atoms with Gasteiger partial charge in [0.05, 0.1) is 25.0 Å². The molecule has 0 radical (unpaired) electrons. The molecule has 1 heterocycles. The summed E-state index contributed by atoms with van der Waals surface area (Å²) in [7, 11) is 1.55. The van der Waals surface area contributed by atoms with Crippen molar-refractivity contribution in [2.45, 2.75) is 55.5 Å². The maximum Gasteiger partial charge on any atom is 0.111 e. The fraction of sp³-hybridized carbons (Fsp3) is 0.458. The fourth-order valence-corrected chi connectivity index (χ4v) is 4.39. The minimum Gasteiger partial charge on any atom is -0.399 e. The zero-order valence-corrected chi connectivity index (χ0v) is 18.2. The Kier molecular flexibility index (Phi) is 6.65. The molecule has 1 aliphatic carbocycles. The molecule has 1 saturated carbocycles. The van der Waals surface area contributed by atoms with Crippen molar-refractivity contribution in [3.05, 3.63) is 69.7 Å². The van der Waals surface area contributed by atoms with Gasteiger partial charge in [-0.3, -0.25) is 0 Å². The summed E-state index contributed by atoms with van der Waals surface area (Å²) in [6, 6.07) is 13.9. The molecule has 3 unspecified atom stereocenters. The quantitative estimate of drug-likeness (QED) is 0.450. The number of ether oxygens (including phenoxy) is 1. The first kappa shape index (κ1) is 22.2. The predicted molar refractivity (Wildman–Crippen MR) is 118 cm³/mol. The number of halogens is 1. The van der Waals surface area contributed by atoms with Gasteiger partial charge in [-0.1, -0.05) is 53.2 Å². The van der Waals surface area contributed by atoms with Crippen molar-refractivity contribution in [3.63, 3.8) is 0 Å². The number of oxime groups is 1. The molecule has 2 aliphatic rings. The van der Waals surface area contributed by atoms with E-state index in [0.717, 1.165) is 29.5 Å². The highest BCUT2D eigenvalue weighted by Gasteiger charge is 2.43. The molecule has 2 aromatic carbocycles. The van der Waals surface area contributed by atoms with Crippen molar-refractivity contribution in [1.82, 2.24) is 0 Å². The van der Waals surface area contributed by atoms with Gasteiger partial charge < -0.3 is 24.9 Å². The Morgan fingerprint density at radius 3 is 2.58 bits per heavy atom. The molecule has 1 saturated heterocycles. The Hall–Kier alpha value is -1.96. The summed E-state index contributed by atoms with van der Waals surface area (Å²) in [5, 5.41) is 34.6. The Morgan fingerprint density at radius 1 is 1.19 bits per heavy atom. The summed E-state index contributed by atoms with van der Waals surface area (Å²) in [4.78, 5) is 4.84. The average molecular weight is 446 g/mol. The minimum absolute atomic E-state index is 0.00928. The van der Waals surface area contributed by atoms with Crippen LogP contribution >= 0.6 is 11.6 Å². The average Bonchev–Trinajstić information content (AvgIpc) is 3.57. The summed E-state index contributed by atoms with van der Waals surface area (Å²) in [6.45, 7) is -0.205. The van der Waals surface area contributed by atoms with E-state index in [9.17, 15) is 15.3 Å². The molecule has 0 aromatic heterocycles. The van der Waals surface area contributed by atoms with E-state index in [0.29, 0.717) is 11.4 Å². The topological polar surface area (TPSA) is 91.5 Å². The van der Waals surface area contributed by atoms with E-state index in [1.807, 2.05) is 12.3 Å². The zero-order valence-electron chi connectivity index (χ0n) is 17.4. The van der Waals surface area contributed by atoms with Crippen molar-refractivity contribution >= 4 is 17.8 Å². The predicted octanol–water partition coefficient (Wildman–Crippen LogP) is 3.14. The Morgan fingerprint density at radius 2 is 1.94 bits per heavy atom. The molecule has 6 nitrogen and oxygen atoms in total. The van der Waals surface area contributed by atoms with Gasteiger partial charge in [0.1, 0.15) is 19.3 Å². The second-order valence-corrected chi connectivity index (χ2v) is 8.86. The van der Waals surface area contributed by atoms with Gasteiger partial charge in [0.15, 0.2) is 0 Å². The molecule has 2 aromatic rings. The highest BCUT2D eigenvalue weighted by atomic mass is 35.5. The number of aliphatic hydroxyl groups is 3. The molecule has 0 bridgehead atoms. The summed E-state index contributed by atoms with van der Waals surface area (Å²) >= 11 is 6.45. The Bertz CT molecular complexity index is 928. The first-order valence-corrected chi connectivity index (χ1v) is 10.9. The Labute approximate surface area is 187 Å². The Balaban J connectivity index is 1.52. The smallest absolute Gasteiger partial charge is 0.111 e. The first-order chi connectivity index (χ1) is 15.0. The molecule has 3 N–H and O–H groups in total. The third-order valence-electron chi connectivity index (χ3n) is 6.27. The number of hydrogen-bond acceptors (Lipinski definition) is 6. The standard InChI is InChI=1S/C24H28ClNO5/c1-30-26-14-24(8-9-24)18-5-2-15(3-6-18)10-17-11-16(4-7-20(17)25)23-22(29)21(28)12-19(13-27)31-23/h2-7,11,14,19,21-23,27-29H,8-10,12-13H2,1H3/b26-14-/t19?,21?,22-,23?/m1/s1. The van der Waals surface area contributed by atoms with Crippen LogP contribution in [0.15, 0.2) is 47.6 Å². The maximum absolute atomic E-state index is 10.4. The van der Waals surface area contributed by atoms with Gasteiger partial charge >= 0.3 is 0 Å². The lowest BCUT2D eigenvalue weighted by Gasteiger charge is -2.37. The molecular formula is C24H28ClNO5. The zero-order chi connectivity index (χ0) is 22.0. The van der Waals surface area contributed by atoms with Gasteiger partial charge in [-0.2, -0.15) is 0 Å². The van der Waals surface area contributed by atoms with Crippen LogP contribution in [0.25, 0.3) is 0 Å². The summed E-state index contributed by atoms with van der Waals surface area (Å²) < 4.78 is 5.82. The fourth-order valence-electron chi connectivity index (χ4n) is 4.21. The van der Waals surface area contributed by atoms with Crippen LogP contribution < -0.4 is 0 Å². The molecule has 166 valence electrons. The van der Waals surface area contributed by atoms with Crippen molar-refractivity contribution in [2.75, 3.05) is 13.7 Å². The van der Waals surface area contributed by atoms with E-state index in [4.69, 9.17) is 21.2 Å². The van der Waals surface area contributed by atoms with E-state index in [2.05, 4.69) is 29.4 Å². The van der Waals surface area contributed by atoms with E-state index in [-0.39, 0.29) is 18.4 Å². The summed E-state index contributed by atoms with van der Waals surface area (Å²) in [6.07, 6.45) is 1.62. The third kappa shape index (κ3) is 4.78. The van der Waals surface area contributed by atoms with Crippen LogP contribution in [0.2, 0.25) is 5.02 Å². The lowest BCUT2D eigenvalue weighted by Crippen LogP contribution is -2.44. The van der Waals surface area contributed by atoms with Crippen molar-refractivity contribution in [2.24, 2.45) is 5.16 Å². The van der Waals surface area contributed by atoms with Crippen LogP contribution in [0, 0.1) is 0 Å². The number of benzene rings is 2. The highest BCUT2D eigenvalue weighted by molar-refractivity contribution is 6.31. The van der Waals surface area contributed by atoms with Gasteiger partial charge in [0.2, 0.25) is 0 Å². The van der Waals surface area contributed by atoms with Crippen molar-refractivity contribution in [1.29, 1.82) is 0 Å². The molecule has 4 rings (SSSR count). The molecule has 31 heavy (non-hydrogen) atoms. The number of hydrogen-bond donors (Lipinski definition) is 3. The van der Waals surface area contributed by atoms with Gasteiger partial charge in [0.25, 0.3) is 0 Å². The number of aliphatic hydroxyl groups excluding tert-OH is 3. The van der Waals surface area contributed by atoms with Crippen LogP contribution in [0.4, 0.5) is 0 Å². The lowest BCUT2D eigenvalue weighted by atomic mass is 9.91. The largest absolute Gasteiger partial charge is 0.399 e. The molecule has 4 atom stereocenters. The third-order valence-corrected chi connectivity index (χ3v) is 6.64. The molecule has 7 heteroatoms. The van der Waals surface area contributed by atoms with E-state index in [1.54, 1.807) is 19.2 Å². The van der Waals surface area contributed by atoms with Gasteiger partial charge in [0, 0.05) is 16.9 Å². The normalized spacial score (nSPS) is 27.4. The van der Waals surface area contributed by atoms with Crippen LogP contribution in [0.1, 0.15) is 47.6 Å². The van der Waals surface area contributed by atoms with Gasteiger partial charge in [-0.25, -0.2) is 0 Å². The van der Waals surface area contributed by atoms with Crippen LogP contribution in [-0.2, 0) is 21.4 Å². The maximum atomic E-state index is 10.4. The number of nitrogens with zero attached hydrogens (tertiary/aromatic N) is 1. The lowest BCUT2D eigenvalue weighted by molar-refractivity contribution is -0.179. The van der Waals surface area contributed by atoms with E-state index < -0.39 is 24.4 Å². The second kappa shape index (κ2) is 9.27. The molecule has 1 aliphatic heterocycles.